The fourth-order valence-electron chi connectivity index (χ4n) is 2.73. The second kappa shape index (κ2) is 5.68. The standard InChI is InChI=1S/C16H25N/c1-4-6-13-7-9-14(10-8-13)16(17-5-2)15-11-12(15)3/h7-10,12,15-17H,4-6,11H2,1-3H3. The third-order valence-electron chi connectivity index (χ3n) is 3.90. The Hall–Kier alpha value is -0.820. The summed E-state index contributed by atoms with van der Waals surface area (Å²) in [5, 5.41) is 3.64. The van der Waals surface area contributed by atoms with Gasteiger partial charge in [0.15, 0.2) is 0 Å². The van der Waals surface area contributed by atoms with Crippen LogP contribution in [0.15, 0.2) is 24.3 Å². The minimum absolute atomic E-state index is 0.575. The number of benzene rings is 1. The van der Waals surface area contributed by atoms with Gasteiger partial charge in [0.25, 0.3) is 0 Å². The van der Waals surface area contributed by atoms with E-state index in [-0.39, 0.29) is 0 Å². The average Bonchev–Trinajstić information content (AvgIpc) is 3.05. The third-order valence-corrected chi connectivity index (χ3v) is 3.90. The molecule has 1 aliphatic carbocycles. The molecule has 1 N–H and O–H groups in total. The summed E-state index contributed by atoms with van der Waals surface area (Å²) >= 11 is 0. The van der Waals surface area contributed by atoms with Crippen LogP contribution in [-0.2, 0) is 6.42 Å². The van der Waals surface area contributed by atoms with Crippen molar-refractivity contribution < 1.29 is 0 Å². The predicted molar refractivity (Wildman–Crippen MR) is 74.1 cm³/mol. The van der Waals surface area contributed by atoms with Crippen molar-refractivity contribution in [1.29, 1.82) is 0 Å². The minimum Gasteiger partial charge on any atom is -0.310 e. The van der Waals surface area contributed by atoms with E-state index in [0.29, 0.717) is 6.04 Å². The molecule has 1 fully saturated rings. The molecule has 0 aliphatic heterocycles. The van der Waals surface area contributed by atoms with Gasteiger partial charge in [-0.3, -0.25) is 0 Å². The van der Waals surface area contributed by atoms with Crippen molar-refractivity contribution in [2.75, 3.05) is 6.54 Å². The average molecular weight is 231 g/mol. The highest BCUT2D eigenvalue weighted by Crippen LogP contribution is 2.46. The van der Waals surface area contributed by atoms with Gasteiger partial charge in [0.1, 0.15) is 0 Å². The van der Waals surface area contributed by atoms with Gasteiger partial charge in [0.2, 0.25) is 0 Å². The zero-order chi connectivity index (χ0) is 12.3. The number of aryl methyl sites for hydroxylation is 1. The Morgan fingerprint density at radius 3 is 2.35 bits per heavy atom. The van der Waals surface area contributed by atoms with Gasteiger partial charge in [-0.05, 0) is 42.3 Å². The van der Waals surface area contributed by atoms with E-state index < -0.39 is 0 Å². The Morgan fingerprint density at radius 1 is 1.24 bits per heavy atom. The van der Waals surface area contributed by atoms with Crippen LogP contribution in [-0.4, -0.2) is 6.54 Å². The lowest BCUT2D eigenvalue weighted by Crippen LogP contribution is -2.23. The molecule has 0 heterocycles. The molecule has 0 spiro atoms. The van der Waals surface area contributed by atoms with E-state index >= 15 is 0 Å². The van der Waals surface area contributed by atoms with E-state index in [0.717, 1.165) is 18.4 Å². The van der Waals surface area contributed by atoms with Gasteiger partial charge >= 0.3 is 0 Å². The molecule has 0 amide bonds. The summed E-state index contributed by atoms with van der Waals surface area (Å²) in [7, 11) is 0. The first-order chi connectivity index (χ1) is 8.26. The van der Waals surface area contributed by atoms with Gasteiger partial charge in [-0.15, -0.1) is 0 Å². The van der Waals surface area contributed by atoms with E-state index in [2.05, 4.69) is 50.4 Å². The van der Waals surface area contributed by atoms with E-state index in [1.54, 1.807) is 0 Å². The Labute approximate surface area is 106 Å². The monoisotopic (exact) mass is 231 g/mol. The first-order valence-electron chi connectivity index (χ1n) is 7.08. The van der Waals surface area contributed by atoms with Gasteiger partial charge in [-0.2, -0.15) is 0 Å². The van der Waals surface area contributed by atoms with E-state index in [1.165, 1.54) is 30.4 Å². The maximum absolute atomic E-state index is 3.64. The molecule has 0 radical (unpaired) electrons. The second-order valence-corrected chi connectivity index (χ2v) is 5.40. The van der Waals surface area contributed by atoms with Crippen LogP contribution in [0.25, 0.3) is 0 Å². The first-order valence-corrected chi connectivity index (χ1v) is 7.08. The quantitative estimate of drug-likeness (QED) is 0.782. The van der Waals surface area contributed by atoms with Crippen LogP contribution in [0, 0.1) is 11.8 Å². The highest BCUT2D eigenvalue weighted by Gasteiger charge is 2.39. The summed E-state index contributed by atoms with van der Waals surface area (Å²) in [6, 6.07) is 9.82. The summed E-state index contributed by atoms with van der Waals surface area (Å²) in [4.78, 5) is 0. The van der Waals surface area contributed by atoms with E-state index in [1.807, 2.05) is 0 Å². The molecule has 0 bridgehead atoms. The first kappa shape index (κ1) is 12.6. The Balaban J connectivity index is 2.07. The summed E-state index contributed by atoms with van der Waals surface area (Å²) in [5.41, 5.74) is 2.94. The largest absolute Gasteiger partial charge is 0.310 e. The highest BCUT2D eigenvalue weighted by molar-refractivity contribution is 5.26. The predicted octanol–water partition coefficient (Wildman–Crippen LogP) is 3.95. The molecule has 1 saturated carbocycles. The van der Waals surface area contributed by atoms with Gasteiger partial charge in [0.05, 0.1) is 0 Å². The molecule has 1 aliphatic rings. The zero-order valence-corrected chi connectivity index (χ0v) is 11.4. The summed E-state index contributed by atoms with van der Waals surface area (Å²) in [6.07, 6.45) is 3.82. The summed E-state index contributed by atoms with van der Waals surface area (Å²) in [6.45, 7) is 7.86. The summed E-state index contributed by atoms with van der Waals surface area (Å²) in [5.74, 6) is 1.75. The van der Waals surface area contributed by atoms with Gasteiger partial charge in [-0.1, -0.05) is 51.5 Å². The van der Waals surface area contributed by atoms with Crippen molar-refractivity contribution in [3.8, 4) is 0 Å². The number of nitrogens with one attached hydrogen (secondary N) is 1. The lowest BCUT2D eigenvalue weighted by atomic mass is 9.98. The van der Waals surface area contributed by atoms with Crippen molar-refractivity contribution in [1.82, 2.24) is 5.32 Å². The fraction of sp³-hybridized carbons (Fsp3) is 0.625. The minimum atomic E-state index is 0.575. The van der Waals surface area contributed by atoms with E-state index in [4.69, 9.17) is 0 Å². The molecule has 1 aromatic rings. The van der Waals surface area contributed by atoms with Crippen molar-refractivity contribution in [2.24, 2.45) is 11.8 Å². The van der Waals surface area contributed by atoms with Crippen molar-refractivity contribution >= 4 is 0 Å². The van der Waals surface area contributed by atoms with Crippen LogP contribution in [0.3, 0.4) is 0 Å². The van der Waals surface area contributed by atoms with Crippen LogP contribution in [0.2, 0.25) is 0 Å². The van der Waals surface area contributed by atoms with Gasteiger partial charge < -0.3 is 5.32 Å². The van der Waals surface area contributed by atoms with Crippen molar-refractivity contribution in [3.63, 3.8) is 0 Å². The molecule has 3 unspecified atom stereocenters. The van der Waals surface area contributed by atoms with Crippen molar-refractivity contribution in [3.05, 3.63) is 35.4 Å². The van der Waals surface area contributed by atoms with Gasteiger partial charge in [0, 0.05) is 6.04 Å². The number of hydrogen-bond acceptors (Lipinski definition) is 1. The Kier molecular flexibility index (Phi) is 4.22. The molecule has 1 heteroatoms. The Morgan fingerprint density at radius 2 is 1.88 bits per heavy atom. The molecular formula is C16H25N. The number of rotatable bonds is 6. The van der Waals surface area contributed by atoms with Crippen LogP contribution in [0.5, 0.6) is 0 Å². The molecule has 94 valence electrons. The van der Waals surface area contributed by atoms with Crippen LogP contribution in [0.4, 0.5) is 0 Å². The molecule has 2 rings (SSSR count). The maximum Gasteiger partial charge on any atom is 0.0351 e. The van der Waals surface area contributed by atoms with Crippen LogP contribution in [0.1, 0.15) is 50.8 Å². The lowest BCUT2D eigenvalue weighted by Gasteiger charge is -2.18. The lowest BCUT2D eigenvalue weighted by molar-refractivity contribution is 0.475. The molecule has 17 heavy (non-hydrogen) atoms. The second-order valence-electron chi connectivity index (χ2n) is 5.40. The number of hydrogen-bond donors (Lipinski definition) is 1. The van der Waals surface area contributed by atoms with Gasteiger partial charge in [-0.25, -0.2) is 0 Å². The molecule has 1 aromatic carbocycles. The summed E-state index contributed by atoms with van der Waals surface area (Å²) < 4.78 is 0. The highest BCUT2D eigenvalue weighted by atomic mass is 14.9. The SMILES string of the molecule is CCCc1ccc(C(NCC)C2CC2C)cc1. The fourth-order valence-corrected chi connectivity index (χ4v) is 2.73. The maximum atomic E-state index is 3.64. The molecule has 0 aromatic heterocycles. The normalized spacial score (nSPS) is 24.6. The topological polar surface area (TPSA) is 12.0 Å². The molecule has 1 nitrogen and oxygen atoms in total. The Bertz CT molecular complexity index is 341. The zero-order valence-electron chi connectivity index (χ0n) is 11.4. The van der Waals surface area contributed by atoms with E-state index in [9.17, 15) is 0 Å². The molecule has 3 atom stereocenters. The van der Waals surface area contributed by atoms with Crippen molar-refractivity contribution in [2.45, 2.75) is 46.1 Å². The molecule has 0 saturated heterocycles. The smallest absolute Gasteiger partial charge is 0.0351 e. The van der Waals surface area contributed by atoms with Crippen LogP contribution >= 0.6 is 0 Å². The molecular weight excluding hydrogens is 206 g/mol. The van der Waals surface area contributed by atoms with Crippen LogP contribution < -0.4 is 5.32 Å². The third kappa shape index (κ3) is 3.10.